The van der Waals surface area contributed by atoms with E-state index in [0.717, 1.165) is 18.3 Å². The van der Waals surface area contributed by atoms with E-state index < -0.39 is 0 Å². The zero-order chi connectivity index (χ0) is 14.9. The Kier molecular flexibility index (Phi) is 3.99. The molecule has 1 saturated heterocycles. The van der Waals surface area contributed by atoms with Gasteiger partial charge in [0.2, 0.25) is 0 Å². The van der Waals surface area contributed by atoms with Crippen LogP contribution in [0.15, 0.2) is 35.7 Å². The SMILES string of the molecule is CC1CN(C2CC2)CCN1Cc1nc(-c2ccccc2)cs1. The molecule has 2 aromatic rings. The van der Waals surface area contributed by atoms with Crippen molar-refractivity contribution >= 4 is 11.3 Å². The van der Waals surface area contributed by atoms with Gasteiger partial charge in [0, 0.05) is 42.7 Å². The standard InChI is InChI=1S/C18H23N3S/c1-14-11-21(16-7-8-16)10-9-20(14)12-18-19-17(13-22-18)15-5-3-2-4-6-15/h2-6,13-14,16H,7-12H2,1H3. The third-order valence-corrected chi connectivity index (χ3v) is 5.65. The Hall–Kier alpha value is -1.23. The molecule has 2 heterocycles. The topological polar surface area (TPSA) is 19.4 Å². The zero-order valence-corrected chi connectivity index (χ0v) is 13.9. The molecule has 116 valence electrons. The van der Waals surface area contributed by atoms with Gasteiger partial charge in [-0.25, -0.2) is 4.98 Å². The quantitative estimate of drug-likeness (QED) is 0.861. The third-order valence-electron chi connectivity index (χ3n) is 4.82. The maximum Gasteiger partial charge on any atom is 0.107 e. The highest BCUT2D eigenvalue weighted by molar-refractivity contribution is 7.09. The number of rotatable bonds is 4. The summed E-state index contributed by atoms with van der Waals surface area (Å²) >= 11 is 1.79. The first-order valence-electron chi connectivity index (χ1n) is 8.27. The molecule has 4 rings (SSSR count). The van der Waals surface area contributed by atoms with Crippen LogP contribution in [0.1, 0.15) is 24.8 Å². The zero-order valence-electron chi connectivity index (χ0n) is 13.1. The van der Waals surface area contributed by atoms with Gasteiger partial charge in [-0.3, -0.25) is 9.80 Å². The average Bonchev–Trinajstić information content (AvgIpc) is 3.29. The number of benzene rings is 1. The van der Waals surface area contributed by atoms with Crippen molar-refractivity contribution in [3.8, 4) is 11.3 Å². The number of hydrogen-bond acceptors (Lipinski definition) is 4. The van der Waals surface area contributed by atoms with E-state index in [1.165, 1.54) is 43.0 Å². The molecule has 0 amide bonds. The van der Waals surface area contributed by atoms with Crippen LogP contribution in [-0.2, 0) is 6.54 Å². The number of thiazole rings is 1. The maximum atomic E-state index is 4.84. The Bertz CT molecular complexity index is 620. The van der Waals surface area contributed by atoms with Crippen LogP contribution in [0.25, 0.3) is 11.3 Å². The van der Waals surface area contributed by atoms with Gasteiger partial charge >= 0.3 is 0 Å². The lowest BCUT2D eigenvalue weighted by Gasteiger charge is -2.39. The van der Waals surface area contributed by atoms with E-state index in [9.17, 15) is 0 Å². The monoisotopic (exact) mass is 313 g/mol. The lowest BCUT2D eigenvalue weighted by molar-refractivity contribution is 0.0729. The summed E-state index contributed by atoms with van der Waals surface area (Å²) in [5.74, 6) is 0. The molecule has 0 N–H and O–H groups in total. The van der Waals surface area contributed by atoms with Gasteiger partial charge in [0.25, 0.3) is 0 Å². The van der Waals surface area contributed by atoms with E-state index >= 15 is 0 Å². The number of piperazine rings is 1. The molecule has 1 saturated carbocycles. The molecule has 3 nitrogen and oxygen atoms in total. The van der Waals surface area contributed by atoms with Crippen molar-refractivity contribution in [2.24, 2.45) is 0 Å². The van der Waals surface area contributed by atoms with Gasteiger partial charge in [-0.2, -0.15) is 0 Å². The molecule has 1 aliphatic heterocycles. The van der Waals surface area contributed by atoms with Crippen LogP contribution in [0.2, 0.25) is 0 Å². The van der Waals surface area contributed by atoms with E-state index in [-0.39, 0.29) is 0 Å². The van der Waals surface area contributed by atoms with Gasteiger partial charge < -0.3 is 0 Å². The van der Waals surface area contributed by atoms with Crippen LogP contribution in [0.4, 0.5) is 0 Å². The summed E-state index contributed by atoms with van der Waals surface area (Å²) in [4.78, 5) is 10.1. The first-order chi connectivity index (χ1) is 10.8. The highest BCUT2D eigenvalue weighted by Crippen LogP contribution is 2.29. The van der Waals surface area contributed by atoms with Crippen molar-refractivity contribution in [3.63, 3.8) is 0 Å². The van der Waals surface area contributed by atoms with E-state index in [4.69, 9.17) is 4.98 Å². The van der Waals surface area contributed by atoms with Gasteiger partial charge in [0.1, 0.15) is 5.01 Å². The summed E-state index contributed by atoms with van der Waals surface area (Å²) in [6.45, 7) is 6.99. The van der Waals surface area contributed by atoms with Crippen molar-refractivity contribution in [2.75, 3.05) is 19.6 Å². The average molecular weight is 313 g/mol. The van der Waals surface area contributed by atoms with Crippen molar-refractivity contribution in [1.29, 1.82) is 0 Å². The molecule has 2 fully saturated rings. The largest absolute Gasteiger partial charge is 0.298 e. The molecule has 0 bridgehead atoms. The van der Waals surface area contributed by atoms with Crippen molar-refractivity contribution in [3.05, 3.63) is 40.7 Å². The summed E-state index contributed by atoms with van der Waals surface area (Å²) in [7, 11) is 0. The molecule has 1 aromatic carbocycles. The molecular weight excluding hydrogens is 290 g/mol. The number of hydrogen-bond donors (Lipinski definition) is 0. The van der Waals surface area contributed by atoms with Crippen LogP contribution in [-0.4, -0.2) is 46.5 Å². The Morgan fingerprint density at radius 1 is 1.18 bits per heavy atom. The minimum atomic E-state index is 0.637. The van der Waals surface area contributed by atoms with E-state index in [1.807, 2.05) is 0 Å². The van der Waals surface area contributed by atoms with Crippen LogP contribution in [0.3, 0.4) is 0 Å². The third kappa shape index (κ3) is 3.09. The van der Waals surface area contributed by atoms with Gasteiger partial charge in [-0.05, 0) is 19.8 Å². The fourth-order valence-electron chi connectivity index (χ4n) is 3.33. The van der Waals surface area contributed by atoms with Crippen LogP contribution >= 0.6 is 11.3 Å². The molecule has 4 heteroatoms. The number of aromatic nitrogens is 1. The predicted octanol–water partition coefficient (Wildman–Crippen LogP) is 3.48. The minimum absolute atomic E-state index is 0.637. The second kappa shape index (κ2) is 6.11. The summed E-state index contributed by atoms with van der Waals surface area (Å²) in [5.41, 5.74) is 2.33. The molecule has 0 radical (unpaired) electrons. The van der Waals surface area contributed by atoms with Crippen molar-refractivity contribution in [1.82, 2.24) is 14.8 Å². The van der Waals surface area contributed by atoms with Gasteiger partial charge in [-0.1, -0.05) is 30.3 Å². The van der Waals surface area contributed by atoms with Gasteiger partial charge in [0.05, 0.1) is 12.2 Å². The summed E-state index contributed by atoms with van der Waals surface area (Å²) in [6, 6.07) is 12.0. The van der Waals surface area contributed by atoms with E-state index in [0.29, 0.717) is 6.04 Å². The summed E-state index contributed by atoms with van der Waals surface area (Å²) in [5, 5.41) is 3.43. The number of nitrogens with zero attached hydrogens (tertiary/aromatic N) is 3. The van der Waals surface area contributed by atoms with Gasteiger partial charge in [0.15, 0.2) is 0 Å². The second-order valence-corrected chi connectivity index (χ2v) is 7.48. The maximum absolute atomic E-state index is 4.84. The Labute approximate surface area is 136 Å². The first-order valence-corrected chi connectivity index (χ1v) is 9.15. The normalized spacial score (nSPS) is 23.8. The smallest absolute Gasteiger partial charge is 0.107 e. The highest BCUT2D eigenvalue weighted by Gasteiger charge is 2.34. The molecule has 22 heavy (non-hydrogen) atoms. The van der Waals surface area contributed by atoms with Gasteiger partial charge in [-0.15, -0.1) is 11.3 Å². The Morgan fingerprint density at radius 3 is 2.73 bits per heavy atom. The van der Waals surface area contributed by atoms with E-state index in [2.05, 4.69) is 52.4 Å². The van der Waals surface area contributed by atoms with E-state index in [1.54, 1.807) is 11.3 Å². The molecule has 0 spiro atoms. The Balaban J connectivity index is 1.40. The molecular formula is C18H23N3S. The minimum Gasteiger partial charge on any atom is -0.298 e. The fraction of sp³-hybridized carbons (Fsp3) is 0.500. The summed E-state index contributed by atoms with van der Waals surface area (Å²) < 4.78 is 0. The molecule has 1 unspecified atom stereocenters. The first kappa shape index (κ1) is 14.4. The molecule has 2 aliphatic rings. The lowest BCUT2D eigenvalue weighted by Crippen LogP contribution is -2.51. The molecule has 1 aliphatic carbocycles. The summed E-state index contributed by atoms with van der Waals surface area (Å²) in [6.07, 6.45) is 2.83. The molecule has 1 aromatic heterocycles. The van der Waals surface area contributed by atoms with Crippen molar-refractivity contribution < 1.29 is 0 Å². The Morgan fingerprint density at radius 2 is 2.00 bits per heavy atom. The highest BCUT2D eigenvalue weighted by atomic mass is 32.1. The second-order valence-electron chi connectivity index (χ2n) is 6.54. The lowest BCUT2D eigenvalue weighted by atomic mass is 10.2. The molecule has 1 atom stereocenters. The van der Waals surface area contributed by atoms with Crippen LogP contribution in [0.5, 0.6) is 0 Å². The van der Waals surface area contributed by atoms with Crippen LogP contribution in [0, 0.1) is 0 Å². The van der Waals surface area contributed by atoms with Crippen LogP contribution < -0.4 is 0 Å². The predicted molar refractivity (Wildman–Crippen MR) is 92.0 cm³/mol. The van der Waals surface area contributed by atoms with Crippen molar-refractivity contribution in [2.45, 2.75) is 38.4 Å². The fourth-order valence-corrected chi connectivity index (χ4v) is 4.16.